The first-order chi connectivity index (χ1) is 7.83. The Morgan fingerprint density at radius 2 is 2.31 bits per heavy atom. The monoisotopic (exact) mass is 215 g/mol. The summed E-state index contributed by atoms with van der Waals surface area (Å²) in [7, 11) is 1.61. The van der Waals surface area contributed by atoms with E-state index in [-0.39, 0.29) is 0 Å². The van der Waals surface area contributed by atoms with Crippen molar-refractivity contribution in [3.05, 3.63) is 40.8 Å². The Kier molecular flexibility index (Phi) is 2.75. The van der Waals surface area contributed by atoms with E-state index in [0.29, 0.717) is 11.5 Å². The van der Waals surface area contributed by atoms with Crippen molar-refractivity contribution in [3.8, 4) is 17.0 Å². The second kappa shape index (κ2) is 4.37. The zero-order valence-corrected chi connectivity index (χ0v) is 8.58. The summed E-state index contributed by atoms with van der Waals surface area (Å²) in [6, 6.07) is 9.16. The lowest BCUT2D eigenvalue weighted by Crippen LogP contribution is -1.83. The van der Waals surface area contributed by atoms with E-state index in [1.54, 1.807) is 13.2 Å². The average molecular weight is 215 g/mol. The summed E-state index contributed by atoms with van der Waals surface area (Å²) in [4.78, 5) is 2.68. The summed E-state index contributed by atoms with van der Waals surface area (Å²) in [6.45, 7) is 0. The number of ether oxygens (including phenoxy) is 1. The van der Waals surface area contributed by atoms with Crippen molar-refractivity contribution in [2.75, 3.05) is 7.11 Å². The molecule has 0 saturated heterocycles. The first kappa shape index (κ1) is 10.1. The van der Waals surface area contributed by atoms with Crippen molar-refractivity contribution < 1.29 is 4.74 Å². The molecule has 2 aromatic rings. The number of rotatable bonds is 3. The van der Waals surface area contributed by atoms with Crippen LogP contribution >= 0.6 is 0 Å². The maximum Gasteiger partial charge on any atom is 0.122 e. The van der Waals surface area contributed by atoms with Crippen molar-refractivity contribution in [2.24, 2.45) is 5.11 Å². The summed E-state index contributed by atoms with van der Waals surface area (Å²) >= 11 is 0. The highest BCUT2D eigenvalue weighted by Crippen LogP contribution is 2.24. The van der Waals surface area contributed by atoms with Crippen molar-refractivity contribution >= 4 is 5.82 Å². The maximum atomic E-state index is 8.27. The van der Waals surface area contributed by atoms with Crippen LogP contribution in [0.5, 0.6) is 5.75 Å². The van der Waals surface area contributed by atoms with Crippen LogP contribution in [0.25, 0.3) is 21.7 Å². The van der Waals surface area contributed by atoms with Gasteiger partial charge in [-0.25, -0.2) is 0 Å². The van der Waals surface area contributed by atoms with E-state index >= 15 is 0 Å². The summed E-state index contributed by atoms with van der Waals surface area (Å²) in [6.07, 6.45) is 0. The van der Waals surface area contributed by atoms with Crippen LogP contribution in [0.4, 0.5) is 5.82 Å². The van der Waals surface area contributed by atoms with Crippen LogP contribution in [0.3, 0.4) is 0 Å². The Balaban J connectivity index is 2.38. The van der Waals surface area contributed by atoms with Crippen LogP contribution in [0.1, 0.15) is 0 Å². The molecule has 1 aromatic carbocycles. The first-order valence-corrected chi connectivity index (χ1v) is 4.58. The van der Waals surface area contributed by atoms with E-state index in [4.69, 9.17) is 10.3 Å². The number of methoxy groups -OCH3 is 1. The minimum Gasteiger partial charge on any atom is -0.497 e. The lowest BCUT2D eigenvalue weighted by atomic mass is 10.1. The van der Waals surface area contributed by atoms with Gasteiger partial charge in [-0.1, -0.05) is 12.1 Å². The van der Waals surface area contributed by atoms with Crippen LogP contribution < -0.4 is 4.74 Å². The van der Waals surface area contributed by atoms with Gasteiger partial charge >= 0.3 is 0 Å². The molecule has 6 nitrogen and oxygen atoms in total. The van der Waals surface area contributed by atoms with E-state index in [9.17, 15) is 0 Å². The summed E-state index contributed by atoms with van der Waals surface area (Å²) in [5.41, 5.74) is 9.88. The molecule has 0 radical (unpaired) electrons. The highest BCUT2D eigenvalue weighted by Gasteiger charge is 2.03. The molecule has 0 spiro atoms. The normalized spacial score (nSPS) is 9.56. The zero-order valence-electron chi connectivity index (χ0n) is 8.58. The molecule has 0 fully saturated rings. The molecule has 0 aliphatic carbocycles. The van der Waals surface area contributed by atoms with Crippen LogP contribution in [0, 0.1) is 0 Å². The molecule has 0 amide bonds. The van der Waals surface area contributed by atoms with E-state index in [2.05, 4.69) is 20.2 Å². The SMILES string of the molecule is COc1cccc(-c2cc(N=[N+]=[N-])[nH]n2)c1. The first-order valence-electron chi connectivity index (χ1n) is 4.58. The van der Waals surface area contributed by atoms with E-state index in [1.165, 1.54) is 0 Å². The number of nitrogens with one attached hydrogen (secondary N) is 1. The number of nitrogens with zero attached hydrogens (tertiary/aromatic N) is 4. The van der Waals surface area contributed by atoms with Gasteiger partial charge < -0.3 is 4.74 Å². The molecule has 0 unspecified atom stereocenters. The summed E-state index contributed by atoms with van der Waals surface area (Å²) in [5, 5.41) is 10.1. The molecule has 1 aromatic heterocycles. The van der Waals surface area contributed by atoms with Gasteiger partial charge in [-0.15, -0.1) is 0 Å². The third kappa shape index (κ3) is 1.97. The highest BCUT2D eigenvalue weighted by molar-refractivity contribution is 5.63. The molecule has 0 bridgehead atoms. The highest BCUT2D eigenvalue weighted by atomic mass is 16.5. The van der Waals surface area contributed by atoms with Crippen LogP contribution in [0.15, 0.2) is 35.4 Å². The fraction of sp³-hybridized carbons (Fsp3) is 0.100. The van der Waals surface area contributed by atoms with Gasteiger partial charge in [0.25, 0.3) is 0 Å². The van der Waals surface area contributed by atoms with Crippen molar-refractivity contribution in [3.63, 3.8) is 0 Å². The predicted molar refractivity (Wildman–Crippen MR) is 59.4 cm³/mol. The Morgan fingerprint density at radius 3 is 3.06 bits per heavy atom. The van der Waals surface area contributed by atoms with Gasteiger partial charge in [0.05, 0.1) is 12.8 Å². The third-order valence-electron chi connectivity index (χ3n) is 2.08. The van der Waals surface area contributed by atoms with Crippen LogP contribution in [0.2, 0.25) is 0 Å². The number of aromatic nitrogens is 2. The fourth-order valence-electron chi connectivity index (χ4n) is 1.34. The van der Waals surface area contributed by atoms with E-state index in [1.807, 2.05) is 24.3 Å². The van der Waals surface area contributed by atoms with Crippen molar-refractivity contribution in [1.29, 1.82) is 0 Å². The standard InChI is InChI=1S/C10H9N5O/c1-16-8-4-2-3-7(5-8)9-6-10(13-12-9)14-15-11/h2-6H,1H3,(H,12,13). The second-order valence-corrected chi connectivity index (χ2v) is 3.06. The van der Waals surface area contributed by atoms with Gasteiger partial charge in [0, 0.05) is 10.5 Å². The minimum absolute atomic E-state index is 0.389. The van der Waals surface area contributed by atoms with Crippen LogP contribution in [-0.2, 0) is 0 Å². The molecule has 0 aliphatic heterocycles. The topological polar surface area (TPSA) is 86.7 Å². The van der Waals surface area contributed by atoms with E-state index in [0.717, 1.165) is 11.3 Å². The van der Waals surface area contributed by atoms with Gasteiger partial charge in [0.2, 0.25) is 0 Å². The van der Waals surface area contributed by atoms with Crippen molar-refractivity contribution in [1.82, 2.24) is 10.2 Å². The lowest BCUT2D eigenvalue weighted by molar-refractivity contribution is 0.415. The summed E-state index contributed by atoms with van der Waals surface area (Å²) in [5.74, 6) is 1.14. The number of aromatic amines is 1. The number of azide groups is 1. The number of H-pyrrole nitrogens is 1. The Bertz CT molecular complexity index is 542. The molecule has 1 heterocycles. The molecule has 0 saturated carbocycles. The number of hydrogen-bond acceptors (Lipinski definition) is 3. The lowest BCUT2D eigenvalue weighted by Gasteiger charge is -2.00. The fourth-order valence-corrected chi connectivity index (χ4v) is 1.34. The Morgan fingerprint density at radius 1 is 1.44 bits per heavy atom. The second-order valence-electron chi connectivity index (χ2n) is 3.06. The molecular weight excluding hydrogens is 206 g/mol. The van der Waals surface area contributed by atoms with Gasteiger partial charge in [-0.2, -0.15) is 5.10 Å². The molecule has 6 heteroatoms. The minimum atomic E-state index is 0.389. The third-order valence-corrected chi connectivity index (χ3v) is 2.08. The molecule has 80 valence electrons. The number of hydrogen-bond donors (Lipinski definition) is 1. The van der Waals surface area contributed by atoms with Crippen molar-refractivity contribution in [2.45, 2.75) is 0 Å². The molecule has 16 heavy (non-hydrogen) atoms. The molecule has 0 atom stereocenters. The largest absolute Gasteiger partial charge is 0.497 e. The Hall–Kier alpha value is -2.46. The molecule has 2 rings (SSSR count). The smallest absolute Gasteiger partial charge is 0.122 e. The number of benzene rings is 1. The molecular formula is C10H9N5O. The van der Waals surface area contributed by atoms with Crippen LogP contribution in [-0.4, -0.2) is 17.3 Å². The average Bonchev–Trinajstić information content (AvgIpc) is 2.78. The predicted octanol–water partition coefficient (Wildman–Crippen LogP) is 3.03. The van der Waals surface area contributed by atoms with E-state index < -0.39 is 0 Å². The van der Waals surface area contributed by atoms with Gasteiger partial charge in [0.1, 0.15) is 11.6 Å². The maximum absolute atomic E-state index is 8.27. The van der Waals surface area contributed by atoms with Gasteiger partial charge in [0.15, 0.2) is 0 Å². The van der Waals surface area contributed by atoms with Gasteiger partial charge in [-0.3, -0.25) is 5.10 Å². The molecule has 1 N–H and O–H groups in total. The quantitative estimate of drug-likeness (QED) is 0.484. The summed E-state index contributed by atoms with van der Waals surface area (Å²) < 4.78 is 5.11. The Labute approximate surface area is 91.5 Å². The zero-order chi connectivity index (χ0) is 11.4. The molecule has 0 aliphatic rings. The van der Waals surface area contributed by atoms with Gasteiger partial charge in [-0.05, 0) is 28.8 Å².